The van der Waals surface area contributed by atoms with E-state index in [9.17, 15) is 9.59 Å². The van der Waals surface area contributed by atoms with Gasteiger partial charge in [0.1, 0.15) is 6.04 Å². The van der Waals surface area contributed by atoms with Gasteiger partial charge in [0.05, 0.1) is 0 Å². The van der Waals surface area contributed by atoms with Gasteiger partial charge in [-0.05, 0) is 25.7 Å². The summed E-state index contributed by atoms with van der Waals surface area (Å²) in [6.07, 6.45) is 2.19. The molecule has 0 saturated heterocycles. The molecule has 0 bridgehead atoms. The van der Waals surface area contributed by atoms with Crippen LogP contribution in [0.5, 0.6) is 0 Å². The third-order valence-corrected chi connectivity index (χ3v) is 2.47. The van der Waals surface area contributed by atoms with E-state index in [0.29, 0.717) is 5.92 Å². The highest BCUT2D eigenvalue weighted by atomic mass is 16.4. The van der Waals surface area contributed by atoms with Crippen LogP contribution in [-0.2, 0) is 9.59 Å². The van der Waals surface area contributed by atoms with Gasteiger partial charge in [-0.1, -0.05) is 6.92 Å². The van der Waals surface area contributed by atoms with Crippen LogP contribution in [0.4, 0.5) is 0 Å². The monoisotopic (exact) mass is 185 g/mol. The SMILES string of the molecule is CC(C(=O)N[C@@H](C)C(=O)O)C1CC1. The van der Waals surface area contributed by atoms with Crippen molar-refractivity contribution in [2.45, 2.75) is 32.7 Å². The Kier molecular flexibility index (Phi) is 2.90. The first-order valence-corrected chi connectivity index (χ1v) is 4.55. The molecule has 74 valence electrons. The van der Waals surface area contributed by atoms with Crippen LogP contribution in [0.1, 0.15) is 26.7 Å². The zero-order valence-corrected chi connectivity index (χ0v) is 7.91. The topological polar surface area (TPSA) is 66.4 Å². The minimum Gasteiger partial charge on any atom is -0.480 e. The van der Waals surface area contributed by atoms with Gasteiger partial charge in [0.15, 0.2) is 0 Å². The summed E-state index contributed by atoms with van der Waals surface area (Å²) in [5, 5.41) is 11.0. The summed E-state index contributed by atoms with van der Waals surface area (Å²) >= 11 is 0. The van der Waals surface area contributed by atoms with Crippen molar-refractivity contribution in [3.8, 4) is 0 Å². The Morgan fingerprint density at radius 1 is 1.38 bits per heavy atom. The molecule has 0 aromatic carbocycles. The van der Waals surface area contributed by atoms with Crippen LogP contribution in [0.15, 0.2) is 0 Å². The lowest BCUT2D eigenvalue weighted by Gasteiger charge is -2.13. The quantitative estimate of drug-likeness (QED) is 0.674. The molecule has 0 aromatic rings. The zero-order valence-electron chi connectivity index (χ0n) is 7.91. The Morgan fingerprint density at radius 2 is 1.92 bits per heavy atom. The fourth-order valence-electron chi connectivity index (χ4n) is 1.22. The molecule has 1 unspecified atom stereocenters. The van der Waals surface area contributed by atoms with Gasteiger partial charge in [0.25, 0.3) is 0 Å². The van der Waals surface area contributed by atoms with Crippen molar-refractivity contribution in [3.05, 3.63) is 0 Å². The molecule has 0 radical (unpaired) electrons. The van der Waals surface area contributed by atoms with Crippen molar-refractivity contribution in [1.29, 1.82) is 0 Å². The molecule has 1 aliphatic rings. The first-order chi connectivity index (χ1) is 6.02. The van der Waals surface area contributed by atoms with Gasteiger partial charge in [-0.15, -0.1) is 0 Å². The molecule has 1 aliphatic carbocycles. The smallest absolute Gasteiger partial charge is 0.325 e. The maximum atomic E-state index is 11.4. The van der Waals surface area contributed by atoms with Crippen LogP contribution in [0.25, 0.3) is 0 Å². The van der Waals surface area contributed by atoms with Crippen LogP contribution in [0.3, 0.4) is 0 Å². The van der Waals surface area contributed by atoms with E-state index in [1.54, 1.807) is 0 Å². The lowest BCUT2D eigenvalue weighted by Crippen LogP contribution is -2.41. The standard InChI is InChI=1S/C9H15NO3/c1-5(7-3-4-7)8(11)10-6(2)9(12)13/h5-7H,3-4H2,1-2H3,(H,10,11)(H,12,13)/t5?,6-/m0/s1. The third kappa shape index (κ3) is 2.72. The van der Waals surface area contributed by atoms with Crippen LogP contribution >= 0.6 is 0 Å². The fraction of sp³-hybridized carbons (Fsp3) is 0.778. The molecule has 0 aliphatic heterocycles. The Labute approximate surface area is 77.3 Å². The number of nitrogens with one attached hydrogen (secondary N) is 1. The molecule has 4 nitrogen and oxygen atoms in total. The van der Waals surface area contributed by atoms with E-state index in [1.807, 2.05) is 6.92 Å². The number of carboxylic acid groups (broad SMARTS) is 1. The Morgan fingerprint density at radius 3 is 2.31 bits per heavy atom. The predicted octanol–water partition coefficient (Wildman–Crippen LogP) is 0.622. The number of aliphatic carboxylic acids is 1. The van der Waals surface area contributed by atoms with Gasteiger partial charge in [-0.2, -0.15) is 0 Å². The van der Waals surface area contributed by atoms with Gasteiger partial charge in [-0.3, -0.25) is 9.59 Å². The van der Waals surface area contributed by atoms with Gasteiger partial charge in [0.2, 0.25) is 5.91 Å². The molecule has 2 N–H and O–H groups in total. The second-order valence-corrected chi connectivity index (χ2v) is 3.69. The van der Waals surface area contributed by atoms with E-state index in [0.717, 1.165) is 12.8 Å². The Bertz CT molecular complexity index is 223. The average molecular weight is 185 g/mol. The number of hydrogen-bond acceptors (Lipinski definition) is 2. The molecule has 0 aromatic heterocycles. The van der Waals surface area contributed by atoms with Crippen LogP contribution in [0, 0.1) is 11.8 Å². The third-order valence-electron chi connectivity index (χ3n) is 2.47. The average Bonchev–Trinajstić information content (AvgIpc) is 2.85. The summed E-state index contributed by atoms with van der Waals surface area (Å²) in [5.41, 5.74) is 0. The molecule has 2 atom stereocenters. The second kappa shape index (κ2) is 3.77. The second-order valence-electron chi connectivity index (χ2n) is 3.69. The van der Waals surface area contributed by atoms with E-state index in [4.69, 9.17) is 5.11 Å². The highest BCUT2D eigenvalue weighted by Crippen LogP contribution is 2.36. The summed E-state index contributed by atoms with van der Waals surface area (Å²) in [4.78, 5) is 21.8. The highest BCUT2D eigenvalue weighted by Gasteiger charge is 2.33. The molecule has 1 amide bonds. The number of rotatable bonds is 4. The first-order valence-electron chi connectivity index (χ1n) is 4.55. The van der Waals surface area contributed by atoms with Crippen LogP contribution in [0.2, 0.25) is 0 Å². The summed E-state index contributed by atoms with van der Waals surface area (Å²) in [7, 11) is 0. The van der Waals surface area contributed by atoms with Gasteiger partial charge in [0, 0.05) is 5.92 Å². The normalized spacial score (nSPS) is 20.5. The summed E-state index contributed by atoms with van der Waals surface area (Å²) in [6, 6.07) is -0.784. The van der Waals surface area contributed by atoms with Crippen molar-refractivity contribution in [2.24, 2.45) is 11.8 Å². The largest absolute Gasteiger partial charge is 0.480 e. The fourth-order valence-corrected chi connectivity index (χ4v) is 1.22. The lowest BCUT2D eigenvalue weighted by atomic mass is 10.1. The number of carbonyl (C=O) groups excluding carboxylic acids is 1. The summed E-state index contributed by atoms with van der Waals surface area (Å²) in [5.74, 6) is -0.698. The molecule has 13 heavy (non-hydrogen) atoms. The Hall–Kier alpha value is -1.06. The molecular weight excluding hydrogens is 170 g/mol. The molecule has 0 heterocycles. The maximum absolute atomic E-state index is 11.4. The first kappa shape index (κ1) is 10.0. The van der Waals surface area contributed by atoms with E-state index in [2.05, 4.69) is 5.32 Å². The summed E-state index contributed by atoms with van der Waals surface area (Å²) in [6.45, 7) is 3.32. The van der Waals surface area contributed by atoms with Gasteiger partial charge in [-0.25, -0.2) is 0 Å². The van der Waals surface area contributed by atoms with Crippen LogP contribution < -0.4 is 5.32 Å². The van der Waals surface area contributed by atoms with Gasteiger partial charge < -0.3 is 10.4 Å². The van der Waals surface area contributed by atoms with E-state index in [-0.39, 0.29) is 11.8 Å². The predicted molar refractivity (Wildman–Crippen MR) is 47.1 cm³/mol. The lowest BCUT2D eigenvalue weighted by molar-refractivity contribution is -0.141. The van der Waals surface area contributed by atoms with Crippen molar-refractivity contribution < 1.29 is 14.7 Å². The van der Waals surface area contributed by atoms with E-state index < -0.39 is 12.0 Å². The molecule has 1 rings (SSSR count). The number of hydrogen-bond donors (Lipinski definition) is 2. The number of carboxylic acids is 1. The molecule has 1 saturated carbocycles. The van der Waals surface area contributed by atoms with Crippen molar-refractivity contribution in [2.75, 3.05) is 0 Å². The van der Waals surface area contributed by atoms with Crippen molar-refractivity contribution in [1.82, 2.24) is 5.32 Å². The molecule has 1 fully saturated rings. The minimum atomic E-state index is -0.989. The molecular formula is C9H15NO3. The van der Waals surface area contributed by atoms with Crippen LogP contribution in [-0.4, -0.2) is 23.0 Å². The molecule has 4 heteroatoms. The summed E-state index contributed by atoms with van der Waals surface area (Å²) < 4.78 is 0. The highest BCUT2D eigenvalue weighted by molar-refractivity contribution is 5.84. The van der Waals surface area contributed by atoms with Gasteiger partial charge >= 0.3 is 5.97 Å². The molecule has 0 spiro atoms. The maximum Gasteiger partial charge on any atom is 0.325 e. The van der Waals surface area contributed by atoms with E-state index >= 15 is 0 Å². The number of carbonyl (C=O) groups is 2. The Balaban J connectivity index is 2.35. The number of amides is 1. The van der Waals surface area contributed by atoms with Crippen molar-refractivity contribution >= 4 is 11.9 Å². The van der Waals surface area contributed by atoms with Crippen molar-refractivity contribution in [3.63, 3.8) is 0 Å². The minimum absolute atomic E-state index is 0.0400. The van der Waals surface area contributed by atoms with E-state index in [1.165, 1.54) is 6.92 Å². The zero-order chi connectivity index (χ0) is 10.0.